The molecule has 3 heterocycles. The van der Waals surface area contributed by atoms with Crippen molar-refractivity contribution in [2.45, 2.75) is 6.42 Å². The molecule has 4 rings (SSSR count). The van der Waals surface area contributed by atoms with Crippen LogP contribution >= 0.6 is 11.3 Å². The molecule has 1 aromatic carbocycles. The first-order valence-electron chi connectivity index (χ1n) is 7.82. The third-order valence-electron chi connectivity index (χ3n) is 3.55. The van der Waals surface area contributed by atoms with Crippen molar-refractivity contribution in [2.24, 2.45) is 0 Å². The summed E-state index contributed by atoms with van der Waals surface area (Å²) in [6.07, 6.45) is 3.85. The summed E-state index contributed by atoms with van der Waals surface area (Å²) < 4.78 is 5.47. The van der Waals surface area contributed by atoms with Gasteiger partial charge in [0, 0.05) is 18.5 Å². The van der Waals surface area contributed by atoms with Gasteiger partial charge < -0.3 is 9.73 Å². The van der Waals surface area contributed by atoms with Crippen LogP contribution in [0.3, 0.4) is 0 Å². The van der Waals surface area contributed by atoms with Gasteiger partial charge in [-0.2, -0.15) is 0 Å². The van der Waals surface area contributed by atoms with Crippen LogP contribution in [0.25, 0.3) is 21.7 Å². The second-order valence-corrected chi connectivity index (χ2v) is 6.14. The van der Waals surface area contributed by atoms with Gasteiger partial charge in [0.2, 0.25) is 5.89 Å². The number of oxazole rings is 1. The van der Waals surface area contributed by atoms with Crippen LogP contribution in [0.2, 0.25) is 0 Å². The molecule has 0 aliphatic rings. The average molecular weight is 346 g/mol. The van der Waals surface area contributed by atoms with Crippen molar-refractivity contribution in [3.63, 3.8) is 0 Å². The van der Waals surface area contributed by atoms with Gasteiger partial charge in [-0.3, -0.25) is 0 Å². The van der Waals surface area contributed by atoms with Crippen molar-refractivity contribution < 1.29 is 4.42 Å². The van der Waals surface area contributed by atoms with Gasteiger partial charge in [-0.15, -0.1) is 11.3 Å². The number of benzene rings is 1. The molecule has 4 aromatic rings. The summed E-state index contributed by atoms with van der Waals surface area (Å²) in [6.45, 7) is 0.707. The van der Waals surface area contributed by atoms with E-state index in [0.717, 1.165) is 21.6 Å². The summed E-state index contributed by atoms with van der Waals surface area (Å²) in [5, 5.41) is 6.36. The Morgan fingerprint density at radius 2 is 2.04 bits per heavy atom. The number of nitrogens with one attached hydrogen (secondary N) is 1. The Hall–Kier alpha value is -3.17. The number of nitrogens with zero attached hydrogens (tertiary/aromatic N) is 3. The molecule has 0 radical (unpaired) electrons. The molecule has 0 amide bonds. The molecule has 25 heavy (non-hydrogen) atoms. The Balaban J connectivity index is 1.35. The predicted molar refractivity (Wildman–Crippen MR) is 99.3 cm³/mol. The van der Waals surface area contributed by atoms with Gasteiger partial charge in [0.1, 0.15) is 23.2 Å². The zero-order valence-corrected chi connectivity index (χ0v) is 14.1. The van der Waals surface area contributed by atoms with Crippen LogP contribution in [-0.2, 0) is 0 Å². The molecular formula is C19H14N4OS. The second kappa shape index (κ2) is 7.16. The largest absolute Gasteiger partial charge is 0.443 e. The van der Waals surface area contributed by atoms with Crippen molar-refractivity contribution in [1.82, 2.24) is 15.0 Å². The van der Waals surface area contributed by atoms with E-state index in [4.69, 9.17) is 4.42 Å². The van der Waals surface area contributed by atoms with E-state index in [1.165, 1.54) is 0 Å². The van der Waals surface area contributed by atoms with E-state index in [1.54, 1.807) is 23.9 Å². The van der Waals surface area contributed by atoms with Gasteiger partial charge >= 0.3 is 0 Å². The summed E-state index contributed by atoms with van der Waals surface area (Å²) >= 11 is 1.61. The fourth-order valence-corrected chi connectivity index (χ4v) is 3.10. The molecule has 1 N–H and O–H groups in total. The van der Waals surface area contributed by atoms with Crippen molar-refractivity contribution >= 4 is 27.4 Å². The number of rotatable bonds is 4. The second-order valence-electron chi connectivity index (χ2n) is 5.24. The highest BCUT2D eigenvalue weighted by Gasteiger charge is 2.04. The molecule has 0 saturated heterocycles. The van der Waals surface area contributed by atoms with E-state index < -0.39 is 0 Å². The van der Waals surface area contributed by atoms with Gasteiger partial charge in [-0.05, 0) is 29.5 Å². The lowest BCUT2D eigenvalue weighted by atomic mass is 10.2. The smallest absolute Gasteiger partial charge is 0.227 e. The van der Waals surface area contributed by atoms with Crippen molar-refractivity contribution in [3.05, 3.63) is 60.1 Å². The van der Waals surface area contributed by atoms with E-state index in [2.05, 4.69) is 32.1 Å². The maximum Gasteiger partial charge on any atom is 0.227 e. The highest BCUT2D eigenvalue weighted by Crippen LogP contribution is 2.23. The van der Waals surface area contributed by atoms with Crippen molar-refractivity contribution in [1.29, 1.82) is 0 Å². The third-order valence-corrected chi connectivity index (χ3v) is 4.37. The maximum absolute atomic E-state index is 5.47. The van der Waals surface area contributed by atoms with Crippen molar-refractivity contribution in [2.75, 3.05) is 11.9 Å². The molecule has 0 atom stereocenters. The number of hydrogen-bond donors (Lipinski definition) is 1. The molecule has 0 unspecified atom stereocenters. The summed E-state index contributed by atoms with van der Waals surface area (Å²) in [5.41, 5.74) is 1.59. The van der Waals surface area contributed by atoms with E-state index >= 15 is 0 Å². The van der Waals surface area contributed by atoms with Gasteiger partial charge in [0.05, 0.1) is 5.39 Å². The number of anilines is 1. The number of hydrogen-bond acceptors (Lipinski definition) is 6. The molecular weight excluding hydrogens is 332 g/mol. The molecule has 3 aromatic heterocycles. The highest BCUT2D eigenvalue weighted by molar-refractivity contribution is 7.16. The van der Waals surface area contributed by atoms with Gasteiger partial charge in [0.25, 0.3) is 0 Å². The molecule has 0 saturated carbocycles. The van der Waals surface area contributed by atoms with Gasteiger partial charge in [-0.1, -0.05) is 24.1 Å². The minimum Gasteiger partial charge on any atom is -0.443 e. The van der Waals surface area contributed by atoms with Crippen LogP contribution in [0.1, 0.15) is 12.1 Å². The van der Waals surface area contributed by atoms with E-state index in [1.807, 2.05) is 41.8 Å². The summed E-state index contributed by atoms with van der Waals surface area (Å²) in [4.78, 5) is 13.9. The molecule has 0 aliphatic carbocycles. The zero-order chi connectivity index (χ0) is 16.9. The van der Waals surface area contributed by atoms with Crippen molar-refractivity contribution in [3.8, 4) is 23.3 Å². The Morgan fingerprint density at radius 1 is 1.12 bits per heavy atom. The Morgan fingerprint density at radius 3 is 2.96 bits per heavy atom. The van der Waals surface area contributed by atoms with Gasteiger partial charge in [0.15, 0.2) is 5.69 Å². The molecule has 0 spiro atoms. The topological polar surface area (TPSA) is 63.8 Å². The Bertz CT molecular complexity index is 1040. The number of aromatic nitrogens is 3. The standard InChI is InChI=1S/C19H14N4OS/c1-2-6-14(7-3-1)18-23-15(12-24-18)8-4-5-10-20-17-16-9-11-25-19(16)22-13-21-17/h1-3,6-7,9,11-13H,5,10H2,(H,20,21,22). The quantitative estimate of drug-likeness (QED) is 0.443. The van der Waals surface area contributed by atoms with E-state index in [9.17, 15) is 0 Å². The van der Waals surface area contributed by atoms with Gasteiger partial charge in [-0.25, -0.2) is 15.0 Å². The molecule has 5 nitrogen and oxygen atoms in total. The van der Waals surface area contributed by atoms with E-state index in [0.29, 0.717) is 24.6 Å². The Labute approximate surface area is 148 Å². The highest BCUT2D eigenvalue weighted by atomic mass is 32.1. The summed E-state index contributed by atoms with van der Waals surface area (Å²) in [6, 6.07) is 11.8. The molecule has 0 aliphatic heterocycles. The predicted octanol–water partition coefficient (Wildman–Crippen LogP) is 4.20. The molecule has 122 valence electrons. The fourth-order valence-electron chi connectivity index (χ4n) is 2.37. The first kappa shape index (κ1) is 15.4. The molecule has 6 heteroatoms. The average Bonchev–Trinajstić information content (AvgIpc) is 3.32. The first-order valence-corrected chi connectivity index (χ1v) is 8.70. The minimum absolute atomic E-state index is 0.587. The monoisotopic (exact) mass is 346 g/mol. The zero-order valence-electron chi connectivity index (χ0n) is 13.3. The minimum atomic E-state index is 0.587. The van der Waals surface area contributed by atoms with Crippen LogP contribution < -0.4 is 5.32 Å². The Kier molecular flexibility index (Phi) is 4.40. The first-order chi connectivity index (χ1) is 12.4. The summed E-state index contributed by atoms with van der Waals surface area (Å²) in [7, 11) is 0. The maximum atomic E-state index is 5.47. The lowest BCUT2D eigenvalue weighted by Crippen LogP contribution is -2.02. The van der Waals surface area contributed by atoms with Crippen LogP contribution in [-0.4, -0.2) is 21.5 Å². The molecule has 0 fully saturated rings. The number of fused-ring (bicyclic) bond motifs is 1. The SMILES string of the molecule is C(#Cc1coc(-c2ccccc2)n1)CCNc1ncnc2sccc12. The third kappa shape index (κ3) is 3.52. The van der Waals surface area contributed by atoms with E-state index in [-0.39, 0.29) is 0 Å². The number of thiophene rings is 1. The van der Waals surface area contributed by atoms with Crippen LogP contribution in [0.5, 0.6) is 0 Å². The molecule has 0 bridgehead atoms. The fraction of sp³-hybridized carbons (Fsp3) is 0.105. The summed E-state index contributed by atoms with van der Waals surface area (Å²) in [5.74, 6) is 7.57. The van der Waals surface area contributed by atoms with Crippen LogP contribution in [0.4, 0.5) is 5.82 Å². The van der Waals surface area contributed by atoms with Crippen LogP contribution in [0.15, 0.2) is 58.8 Å². The van der Waals surface area contributed by atoms with Crippen LogP contribution in [0, 0.1) is 11.8 Å². The lowest BCUT2D eigenvalue weighted by molar-refractivity contribution is 0.574. The normalized spacial score (nSPS) is 10.4. The lowest BCUT2D eigenvalue weighted by Gasteiger charge is -2.03.